The number of hydrogen-bond acceptors (Lipinski definition) is 5. The Balaban J connectivity index is 2.02. The monoisotopic (exact) mass is 329 g/mol. The molecule has 0 saturated carbocycles. The summed E-state index contributed by atoms with van der Waals surface area (Å²) in [5.41, 5.74) is 0.849. The van der Waals surface area contributed by atoms with E-state index in [0.29, 0.717) is 5.75 Å². The number of amides is 1. The third kappa shape index (κ3) is 5.01. The van der Waals surface area contributed by atoms with E-state index in [9.17, 15) is 9.59 Å². The van der Waals surface area contributed by atoms with E-state index in [1.165, 1.54) is 14.2 Å². The molecule has 0 heterocycles. The maximum absolute atomic E-state index is 11.8. The van der Waals surface area contributed by atoms with Crippen molar-refractivity contribution in [2.45, 2.75) is 12.5 Å². The van der Waals surface area contributed by atoms with Crippen LogP contribution in [0.1, 0.15) is 5.56 Å². The predicted octanol–water partition coefficient (Wildman–Crippen LogP) is 2.92. The van der Waals surface area contributed by atoms with Crippen LogP contribution in [-0.2, 0) is 20.7 Å². The van der Waals surface area contributed by atoms with Crippen molar-refractivity contribution in [1.29, 1.82) is 0 Å². The van der Waals surface area contributed by atoms with Crippen LogP contribution >= 0.6 is 0 Å². The first-order valence-corrected chi connectivity index (χ1v) is 7.36. The molecular formula is C18H19NO5. The summed E-state index contributed by atoms with van der Waals surface area (Å²) < 4.78 is 14.9. The Labute approximate surface area is 140 Å². The fourth-order valence-corrected chi connectivity index (χ4v) is 2.09. The first kappa shape index (κ1) is 17.3. The maximum atomic E-state index is 11.8. The molecule has 0 aliphatic rings. The van der Waals surface area contributed by atoms with Gasteiger partial charge in [-0.15, -0.1) is 0 Å². The van der Waals surface area contributed by atoms with Gasteiger partial charge in [0.1, 0.15) is 17.5 Å². The lowest BCUT2D eigenvalue weighted by Crippen LogP contribution is -2.42. The van der Waals surface area contributed by atoms with E-state index < -0.39 is 18.1 Å². The topological polar surface area (TPSA) is 73.9 Å². The summed E-state index contributed by atoms with van der Waals surface area (Å²) in [5.74, 6) is 0.885. The minimum absolute atomic E-state index is 0.285. The Morgan fingerprint density at radius 2 is 1.54 bits per heavy atom. The van der Waals surface area contributed by atoms with Crippen LogP contribution in [0.5, 0.6) is 11.5 Å². The van der Waals surface area contributed by atoms with Gasteiger partial charge in [-0.2, -0.15) is 0 Å². The number of methoxy groups -OCH3 is 2. The maximum Gasteiger partial charge on any atom is 0.407 e. The zero-order valence-electron chi connectivity index (χ0n) is 13.5. The first-order valence-electron chi connectivity index (χ1n) is 7.36. The van der Waals surface area contributed by atoms with E-state index in [1.807, 2.05) is 42.5 Å². The smallest absolute Gasteiger partial charge is 0.407 e. The first-order chi connectivity index (χ1) is 11.6. The molecule has 0 aliphatic carbocycles. The van der Waals surface area contributed by atoms with Crippen molar-refractivity contribution < 1.29 is 23.8 Å². The van der Waals surface area contributed by atoms with Crippen LogP contribution in [0, 0.1) is 0 Å². The number of esters is 1. The molecule has 2 aromatic carbocycles. The zero-order valence-corrected chi connectivity index (χ0v) is 13.5. The fourth-order valence-electron chi connectivity index (χ4n) is 2.09. The molecule has 0 saturated heterocycles. The van der Waals surface area contributed by atoms with Gasteiger partial charge >= 0.3 is 12.1 Å². The highest BCUT2D eigenvalue weighted by Crippen LogP contribution is 2.21. The number of benzene rings is 2. The Morgan fingerprint density at radius 3 is 2.12 bits per heavy atom. The highest BCUT2D eigenvalue weighted by atomic mass is 16.5. The van der Waals surface area contributed by atoms with E-state index in [-0.39, 0.29) is 6.42 Å². The van der Waals surface area contributed by atoms with Crippen molar-refractivity contribution in [3.8, 4) is 11.5 Å². The van der Waals surface area contributed by atoms with Gasteiger partial charge in [-0.25, -0.2) is 9.59 Å². The highest BCUT2D eigenvalue weighted by molar-refractivity contribution is 5.81. The van der Waals surface area contributed by atoms with E-state index in [2.05, 4.69) is 10.1 Å². The number of carbonyl (C=O) groups excluding carboxylic acids is 2. The summed E-state index contributed by atoms with van der Waals surface area (Å²) >= 11 is 0. The van der Waals surface area contributed by atoms with Gasteiger partial charge in [0.2, 0.25) is 0 Å². The lowest BCUT2D eigenvalue weighted by atomic mass is 10.1. The van der Waals surface area contributed by atoms with Crippen molar-refractivity contribution in [3.63, 3.8) is 0 Å². The van der Waals surface area contributed by atoms with Gasteiger partial charge in [0.15, 0.2) is 0 Å². The average Bonchev–Trinajstić information content (AvgIpc) is 2.62. The van der Waals surface area contributed by atoms with Gasteiger partial charge in [0.05, 0.1) is 14.2 Å². The number of rotatable bonds is 6. The lowest BCUT2D eigenvalue weighted by molar-refractivity contribution is -0.142. The molecule has 6 nitrogen and oxygen atoms in total. The van der Waals surface area contributed by atoms with Crippen LogP contribution in [0.15, 0.2) is 54.6 Å². The van der Waals surface area contributed by atoms with Crippen molar-refractivity contribution in [2.75, 3.05) is 14.2 Å². The summed E-state index contributed by atoms with van der Waals surface area (Å²) in [7, 11) is 2.50. The van der Waals surface area contributed by atoms with Gasteiger partial charge in [0, 0.05) is 6.42 Å². The molecule has 0 unspecified atom stereocenters. The molecule has 0 spiro atoms. The summed E-state index contributed by atoms with van der Waals surface area (Å²) in [6, 6.07) is 15.9. The number of carbonyl (C=O) groups is 2. The van der Waals surface area contributed by atoms with E-state index in [0.717, 1.165) is 11.3 Å². The molecule has 126 valence electrons. The van der Waals surface area contributed by atoms with Crippen LogP contribution in [0.25, 0.3) is 0 Å². The highest BCUT2D eigenvalue weighted by Gasteiger charge is 2.22. The molecule has 1 amide bonds. The number of nitrogens with one attached hydrogen (secondary N) is 1. The molecule has 0 aromatic heterocycles. The molecule has 0 radical (unpaired) electrons. The Hall–Kier alpha value is -3.02. The zero-order chi connectivity index (χ0) is 17.4. The largest absolute Gasteiger partial charge is 0.467 e. The van der Waals surface area contributed by atoms with Gasteiger partial charge in [-0.05, 0) is 29.8 Å². The lowest BCUT2D eigenvalue weighted by Gasteiger charge is -2.16. The van der Waals surface area contributed by atoms with Gasteiger partial charge in [-0.3, -0.25) is 0 Å². The van der Waals surface area contributed by atoms with E-state index in [1.54, 1.807) is 12.1 Å². The molecule has 0 fully saturated rings. The molecule has 1 atom stereocenters. The number of hydrogen-bond donors (Lipinski definition) is 1. The molecule has 0 aliphatic heterocycles. The van der Waals surface area contributed by atoms with Crippen molar-refractivity contribution in [3.05, 3.63) is 60.2 Å². The Bertz CT molecular complexity index is 670. The Kier molecular flexibility index (Phi) is 6.19. The molecule has 2 rings (SSSR count). The van der Waals surface area contributed by atoms with E-state index >= 15 is 0 Å². The second-order valence-electron chi connectivity index (χ2n) is 4.97. The van der Waals surface area contributed by atoms with Crippen molar-refractivity contribution in [2.24, 2.45) is 0 Å². The second kappa shape index (κ2) is 8.57. The molecule has 1 N–H and O–H groups in total. The number of ether oxygens (including phenoxy) is 3. The number of para-hydroxylation sites is 1. The normalized spacial score (nSPS) is 11.2. The van der Waals surface area contributed by atoms with Gasteiger partial charge in [-0.1, -0.05) is 30.3 Å². The third-order valence-electron chi connectivity index (χ3n) is 3.31. The molecule has 6 heteroatoms. The minimum Gasteiger partial charge on any atom is -0.467 e. The minimum atomic E-state index is -0.816. The molecular weight excluding hydrogens is 310 g/mol. The van der Waals surface area contributed by atoms with E-state index in [4.69, 9.17) is 9.47 Å². The summed E-state index contributed by atoms with van der Waals surface area (Å²) in [4.78, 5) is 23.1. The van der Waals surface area contributed by atoms with Gasteiger partial charge in [0.25, 0.3) is 0 Å². The quantitative estimate of drug-likeness (QED) is 0.825. The molecule has 2 aromatic rings. The number of alkyl carbamates (subject to hydrolysis) is 1. The standard InChI is InChI=1S/C18H19NO5/c1-22-17(20)16(19-18(21)23-2)12-13-8-10-15(11-9-13)24-14-6-4-3-5-7-14/h3-11,16H,12H2,1-2H3,(H,19,21)/t16-/m0/s1. The predicted molar refractivity (Wildman–Crippen MR) is 88.0 cm³/mol. The van der Waals surface area contributed by atoms with Crippen molar-refractivity contribution >= 4 is 12.1 Å². The van der Waals surface area contributed by atoms with Crippen LogP contribution in [-0.4, -0.2) is 32.3 Å². The SMILES string of the molecule is COC(=O)N[C@@H](Cc1ccc(Oc2ccccc2)cc1)C(=O)OC. The van der Waals surface area contributed by atoms with Crippen LogP contribution < -0.4 is 10.1 Å². The Morgan fingerprint density at radius 1 is 0.917 bits per heavy atom. The summed E-state index contributed by atoms with van der Waals surface area (Å²) in [5, 5.41) is 2.45. The van der Waals surface area contributed by atoms with Crippen LogP contribution in [0.3, 0.4) is 0 Å². The summed E-state index contributed by atoms with van der Waals surface area (Å²) in [6.07, 6.45) is -0.401. The van der Waals surface area contributed by atoms with Crippen LogP contribution in [0.4, 0.5) is 4.79 Å². The average molecular weight is 329 g/mol. The third-order valence-corrected chi connectivity index (χ3v) is 3.31. The summed E-state index contributed by atoms with van der Waals surface area (Å²) in [6.45, 7) is 0. The van der Waals surface area contributed by atoms with Gasteiger partial charge < -0.3 is 19.5 Å². The van der Waals surface area contributed by atoms with Crippen molar-refractivity contribution in [1.82, 2.24) is 5.32 Å². The van der Waals surface area contributed by atoms with Crippen LogP contribution in [0.2, 0.25) is 0 Å². The molecule has 0 bridgehead atoms. The molecule has 24 heavy (non-hydrogen) atoms. The fraction of sp³-hybridized carbons (Fsp3) is 0.222. The second-order valence-corrected chi connectivity index (χ2v) is 4.97.